The van der Waals surface area contributed by atoms with Crippen LogP contribution in [0, 0.1) is 0 Å². The van der Waals surface area contributed by atoms with Gasteiger partial charge in [-0.2, -0.15) is 5.10 Å². The minimum absolute atomic E-state index is 0.523. The Morgan fingerprint density at radius 1 is 0.684 bits per heavy atom. The molecule has 0 spiro atoms. The first-order valence-corrected chi connectivity index (χ1v) is 13.4. The lowest BCUT2D eigenvalue weighted by Crippen LogP contribution is -2.41. The van der Waals surface area contributed by atoms with E-state index in [2.05, 4.69) is 139 Å². The van der Waals surface area contributed by atoms with Crippen LogP contribution in [0.4, 0.5) is 11.5 Å². The SMILES string of the molecule is CCN(CC)c1ccc(C2=NN(c3ccc4ccccc4n3)C(c3ccccc3)(c3ccccc3)C2)cc1. The van der Waals surface area contributed by atoms with Crippen molar-refractivity contribution < 1.29 is 0 Å². The summed E-state index contributed by atoms with van der Waals surface area (Å²) < 4.78 is 0. The molecule has 188 valence electrons. The summed E-state index contributed by atoms with van der Waals surface area (Å²) in [4.78, 5) is 7.47. The van der Waals surface area contributed by atoms with Crippen molar-refractivity contribution in [3.05, 3.63) is 138 Å². The Bertz CT molecular complexity index is 1520. The number of rotatable bonds is 7. The third-order valence-corrected chi connectivity index (χ3v) is 7.64. The molecule has 0 radical (unpaired) electrons. The van der Waals surface area contributed by atoms with Crippen LogP contribution < -0.4 is 9.91 Å². The van der Waals surface area contributed by atoms with E-state index in [0.29, 0.717) is 0 Å². The van der Waals surface area contributed by atoms with Crippen molar-refractivity contribution in [1.82, 2.24) is 4.98 Å². The van der Waals surface area contributed by atoms with Crippen molar-refractivity contribution in [3.63, 3.8) is 0 Å². The van der Waals surface area contributed by atoms with E-state index in [4.69, 9.17) is 10.1 Å². The first-order valence-electron chi connectivity index (χ1n) is 13.4. The molecule has 4 nitrogen and oxygen atoms in total. The Labute approximate surface area is 224 Å². The lowest BCUT2D eigenvalue weighted by Gasteiger charge is -2.38. The molecule has 2 heterocycles. The minimum Gasteiger partial charge on any atom is -0.372 e. The van der Waals surface area contributed by atoms with Gasteiger partial charge in [0.15, 0.2) is 5.82 Å². The zero-order valence-corrected chi connectivity index (χ0v) is 22.0. The largest absolute Gasteiger partial charge is 0.372 e. The van der Waals surface area contributed by atoms with Gasteiger partial charge in [0.1, 0.15) is 5.54 Å². The van der Waals surface area contributed by atoms with Crippen LogP contribution in [-0.4, -0.2) is 23.8 Å². The lowest BCUT2D eigenvalue weighted by atomic mass is 9.78. The van der Waals surface area contributed by atoms with Crippen molar-refractivity contribution >= 4 is 28.1 Å². The first kappa shape index (κ1) is 23.9. The second kappa shape index (κ2) is 10.1. The van der Waals surface area contributed by atoms with Crippen molar-refractivity contribution in [2.24, 2.45) is 5.10 Å². The van der Waals surface area contributed by atoms with Crippen molar-refractivity contribution in [1.29, 1.82) is 0 Å². The van der Waals surface area contributed by atoms with E-state index in [1.807, 2.05) is 6.07 Å². The van der Waals surface area contributed by atoms with Gasteiger partial charge in [-0.25, -0.2) is 9.99 Å². The smallest absolute Gasteiger partial charge is 0.150 e. The summed E-state index contributed by atoms with van der Waals surface area (Å²) in [6, 6.07) is 42.8. The summed E-state index contributed by atoms with van der Waals surface area (Å²) in [5, 5.41) is 8.60. The predicted molar refractivity (Wildman–Crippen MR) is 159 cm³/mol. The third kappa shape index (κ3) is 4.12. The zero-order valence-electron chi connectivity index (χ0n) is 22.0. The molecule has 0 amide bonds. The predicted octanol–water partition coefficient (Wildman–Crippen LogP) is 7.64. The highest BCUT2D eigenvalue weighted by molar-refractivity contribution is 6.04. The number of benzene rings is 4. The highest BCUT2D eigenvalue weighted by atomic mass is 15.5. The standard InChI is InChI=1S/C34H32N4/c1-3-37(4-2)30-22-19-27(20-23-30)32-25-34(28-14-7-5-8-15-28,29-16-9-6-10-17-29)38(36-32)33-24-21-26-13-11-12-18-31(26)35-33/h5-24H,3-4,25H2,1-2H3. The lowest BCUT2D eigenvalue weighted by molar-refractivity contribution is 0.529. The fourth-order valence-electron chi connectivity index (χ4n) is 5.63. The van der Waals surface area contributed by atoms with Gasteiger partial charge in [-0.3, -0.25) is 0 Å². The number of hydrogen-bond donors (Lipinski definition) is 0. The van der Waals surface area contributed by atoms with Crippen LogP contribution >= 0.6 is 0 Å². The van der Waals surface area contributed by atoms with E-state index >= 15 is 0 Å². The van der Waals surface area contributed by atoms with E-state index in [9.17, 15) is 0 Å². The molecule has 38 heavy (non-hydrogen) atoms. The molecule has 4 aromatic carbocycles. The fraction of sp³-hybridized carbons (Fsp3) is 0.176. The van der Waals surface area contributed by atoms with Crippen LogP contribution in [0.2, 0.25) is 0 Å². The number of anilines is 2. The highest BCUT2D eigenvalue weighted by Gasteiger charge is 2.47. The summed E-state index contributed by atoms with van der Waals surface area (Å²) in [6.45, 7) is 6.37. The molecule has 4 heteroatoms. The van der Waals surface area contributed by atoms with Crippen LogP contribution in [0.5, 0.6) is 0 Å². The third-order valence-electron chi connectivity index (χ3n) is 7.64. The molecule has 0 fully saturated rings. The molecule has 0 aliphatic carbocycles. The van der Waals surface area contributed by atoms with Gasteiger partial charge in [0.25, 0.3) is 0 Å². The second-order valence-electron chi connectivity index (χ2n) is 9.71. The van der Waals surface area contributed by atoms with Crippen LogP contribution in [0.1, 0.15) is 37.0 Å². The summed E-state index contributed by atoms with van der Waals surface area (Å²) >= 11 is 0. The molecular formula is C34H32N4. The zero-order chi connectivity index (χ0) is 26.0. The van der Waals surface area contributed by atoms with Gasteiger partial charge in [-0.05, 0) is 60.9 Å². The molecule has 1 aliphatic heterocycles. The number of hydrazone groups is 1. The second-order valence-corrected chi connectivity index (χ2v) is 9.71. The minimum atomic E-state index is -0.523. The maximum Gasteiger partial charge on any atom is 0.150 e. The maximum absolute atomic E-state index is 5.33. The Morgan fingerprint density at radius 2 is 1.29 bits per heavy atom. The number of hydrogen-bond acceptors (Lipinski definition) is 4. The maximum atomic E-state index is 5.33. The number of para-hydroxylation sites is 1. The van der Waals surface area contributed by atoms with Gasteiger partial charge in [0.2, 0.25) is 0 Å². The number of aromatic nitrogens is 1. The van der Waals surface area contributed by atoms with Gasteiger partial charge in [0, 0.05) is 30.6 Å². The number of fused-ring (bicyclic) bond motifs is 1. The Hall–Kier alpha value is -4.44. The van der Waals surface area contributed by atoms with Crippen LogP contribution in [0.15, 0.2) is 126 Å². The molecule has 1 aromatic heterocycles. The Morgan fingerprint density at radius 3 is 1.92 bits per heavy atom. The van der Waals surface area contributed by atoms with E-state index in [1.165, 1.54) is 16.8 Å². The summed E-state index contributed by atoms with van der Waals surface area (Å²) in [5.41, 5.74) is 6.26. The molecule has 0 unspecified atom stereocenters. The average molecular weight is 497 g/mol. The number of pyridine rings is 1. The Kier molecular flexibility index (Phi) is 6.38. The quantitative estimate of drug-likeness (QED) is 0.232. The van der Waals surface area contributed by atoms with E-state index in [-0.39, 0.29) is 0 Å². The molecule has 0 saturated heterocycles. The molecule has 0 atom stereocenters. The van der Waals surface area contributed by atoms with E-state index in [1.54, 1.807) is 0 Å². The van der Waals surface area contributed by atoms with Gasteiger partial charge in [-0.15, -0.1) is 0 Å². The van der Waals surface area contributed by atoms with Gasteiger partial charge in [-0.1, -0.05) is 91.0 Å². The summed E-state index contributed by atoms with van der Waals surface area (Å²) in [7, 11) is 0. The van der Waals surface area contributed by atoms with Crippen LogP contribution in [0.3, 0.4) is 0 Å². The van der Waals surface area contributed by atoms with Gasteiger partial charge in [0.05, 0.1) is 11.2 Å². The Balaban J connectivity index is 1.53. The first-order chi connectivity index (χ1) is 18.7. The molecule has 0 bridgehead atoms. The van der Waals surface area contributed by atoms with Gasteiger partial charge < -0.3 is 4.90 Å². The molecule has 5 aromatic rings. The van der Waals surface area contributed by atoms with Crippen LogP contribution in [-0.2, 0) is 5.54 Å². The molecule has 0 N–H and O–H groups in total. The molecular weight excluding hydrogens is 464 g/mol. The highest BCUT2D eigenvalue weighted by Crippen LogP contribution is 2.46. The molecule has 6 rings (SSSR count). The van der Waals surface area contributed by atoms with Crippen molar-refractivity contribution in [2.45, 2.75) is 25.8 Å². The monoisotopic (exact) mass is 496 g/mol. The van der Waals surface area contributed by atoms with E-state index in [0.717, 1.165) is 47.5 Å². The van der Waals surface area contributed by atoms with E-state index < -0.39 is 5.54 Å². The van der Waals surface area contributed by atoms with Gasteiger partial charge >= 0.3 is 0 Å². The fourth-order valence-corrected chi connectivity index (χ4v) is 5.63. The summed E-state index contributed by atoms with van der Waals surface area (Å²) in [6.07, 6.45) is 0.736. The number of nitrogens with zero attached hydrogens (tertiary/aromatic N) is 4. The average Bonchev–Trinajstić information content (AvgIpc) is 3.41. The summed E-state index contributed by atoms with van der Waals surface area (Å²) in [5.74, 6) is 0.839. The van der Waals surface area contributed by atoms with Crippen molar-refractivity contribution in [3.8, 4) is 0 Å². The van der Waals surface area contributed by atoms with Crippen molar-refractivity contribution in [2.75, 3.05) is 23.0 Å². The van der Waals surface area contributed by atoms with Crippen LogP contribution in [0.25, 0.3) is 10.9 Å². The topological polar surface area (TPSA) is 31.7 Å². The molecule has 0 saturated carbocycles. The normalized spacial score (nSPS) is 14.5. The molecule has 1 aliphatic rings.